The van der Waals surface area contributed by atoms with E-state index in [0.29, 0.717) is 16.3 Å². The molecule has 0 bridgehead atoms. The number of hydrogen-bond acceptors (Lipinski definition) is 4. The van der Waals surface area contributed by atoms with E-state index in [1.807, 2.05) is 0 Å². The summed E-state index contributed by atoms with van der Waals surface area (Å²) < 4.78 is 5.39. The third-order valence-corrected chi connectivity index (χ3v) is 2.34. The lowest BCUT2D eigenvalue weighted by atomic mass is 10.3. The van der Waals surface area contributed by atoms with Gasteiger partial charge < -0.3 is 9.84 Å². The molecule has 0 aliphatic rings. The molecule has 0 unspecified atom stereocenters. The summed E-state index contributed by atoms with van der Waals surface area (Å²) >= 11 is 5.75. The summed E-state index contributed by atoms with van der Waals surface area (Å²) in [5.41, 5.74) is 0.575. The van der Waals surface area contributed by atoms with Crippen LogP contribution in [-0.4, -0.2) is 21.0 Å². The lowest BCUT2D eigenvalue weighted by Crippen LogP contribution is -1.92. The molecule has 1 aromatic heterocycles. The molecule has 0 radical (unpaired) electrons. The normalized spacial score (nSPS) is 10.6. The molecule has 1 N–H and O–H groups in total. The number of carboxylic acids is 1. The molecule has 0 spiro atoms. The molecule has 0 fully saturated rings. The fraction of sp³-hybridized carbons (Fsp3) is 0. The average molecular weight is 277 g/mol. The van der Waals surface area contributed by atoms with Crippen LogP contribution in [0.2, 0.25) is 5.02 Å². The second kappa shape index (κ2) is 5.97. The molecule has 1 aromatic carbocycles. The van der Waals surface area contributed by atoms with Gasteiger partial charge in [-0.1, -0.05) is 11.6 Å². The summed E-state index contributed by atoms with van der Waals surface area (Å²) in [6, 6.07) is 6.96. The van der Waals surface area contributed by atoms with Gasteiger partial charge in [-0.3, -0.25) is 0 Å². The number of rotatable bonds is 4. The van der Waals surface area contributed by atoms with Gasteiger partial charge in [-0.15, -0.1) is 0 Å². The van der Waals surface area contributed by atoms with Crippen molar-refractivity contribution in [2.24, 2.45) is 0 Å². The first-order valence-corrected chi connectivity index (χ1v) is 5.68. The predicted molar refractivity (Wildman–Crippen MR) is 70.2 cm³/mol. The van der Waals surface area contributed by atoms with Crippen molar-refractivity contribution < 1.29 is 14.6 Å². The van der Waals surface area contributed by atoms with Gasteiger partial charge >= 0.3 is 12.0 Å². The number of ether oxygens (including phenoxy) is 1. The predicted octanol–water partition coefficient (Wildman–Crippen LogP) is 3.02. The smallest absolute Gasteiger partial charge is 0.328 e. The van der Waals surface area contributed by atoms with Crippen LogP contribution in [0.1, 0.15) is 5.56 Å². The summed E-state index contributed by atoms with van der Waals surface area (Å²) in [7, 11) is 0. The minimum Gasteiger partial charge on any atom is -0.478 e. The number of carboxylic acid groups (broad SMARTS) is 1. The third-order valence-electron chi connectivity index (χ3n) is 2.09. The number of aliphatic carboxylic acids is 1. The van der Waals surface area contributed by atoms with Crippen molar-refractivity contribution >= 4 is 23.6 Å². The van der Waals surface area contributed by atoms with Gasteiger partial charge in [-0.2, -0.15) is 0 Å². The fourth-order valence-corrected chi connectivity index (χ4v) is 1.37. The van der Waals surface area contributed by atoms with Crippen molar-refractivity contribution in [3.05, 3.63) is 53.3 Å². The molecule has 0 saturated heterocycles. The largest absolute Gasteiger partial charge is 0.478 e. The van der Waals surface area contributed by atoms with E-state index in [9.17, 15) is 4.79 Å². The Morgan fingerprint density at radius 1 is 1.21 bits per heavy atom. The highest BCUT2D eigenvalue weighted by Crippen LogP contribution is 2.19. The van der Waals surface area contributed by atoms with E-state index in [0.717, 1.165) is 6.08 Å². The summed E-state index contributed by atoms with van der Waals surface area (Å²) in [6.45, 7) is 0. The molecule has 5 nitrogen and oxygen atoms in total. The van der Waals surface area contributed by atoms with Gasteiger partial charge in [0.1, 0.15) is 5.75 Å². The van der Waals surface area contributed by atoms with Gasteiger partial charge in [0.2, 0.25) is 0 Å². The third kappa shape index (κ3) is 4.08. The zero-order valence-corrected chi connectivity index (χ0v) is 10.4. The van der Waals surface area contributed by atoms with Crippen LogP contribution in [0.5, 0.6) is 11.8 Å². The van der Waals surface area contributed by atoms with E-state index in [2.05, 4.69) is 9.97 Å². The Hall–Kier alpha value is -2.40. The first-order valence-electron chi connectivity index (χ1n) is 5.30. The molecule has 0 atom stereocenters. The zero-order valence-electron chi connectivity index (χ0n) is 9.65. The van der Waals surface area contributed by atoms with Crippen LogP contribution >= 0.6 is 11.6 Å². The minimum atomic E-state index is -1.03. The Kier molecular flexibility index (Phi) is 4.10. The minimum absolute atomic E-state index is 0.176. The highest BCUT2D eigenvalue weighted by atomic mass is 35.5. The zero-order chi connectivity index (χ0) is 13.7. The number of aromatic nitrogens is 2. The van der Waals surface area contributed by atoms with Gasteiger partial charge in [0, 0.05) is 29.1 Å². The second-order valence-electron chi connectivity index (χ2n) is 3.53. The number of benzene rings is 1. The summed E-state index contributed by atoms with van der Waals surface area (Å²) in [6.07, 6.45) is 5.35. The molecule has 0 aliphatic heterocycles. The molecule has 1 heterocycles. The summed E-state index contributed by atoms with van der Waals surface area (Å²) in [4.78, 5) is 18.3. The van der Waals surface area contributed by atoms with Crippen LogP contribution in [0.25, 0.3) is 6.08 Å². The number of nitrogens with zero attached hydrogens (tertiary/aromatic N) is 2. The van der Waals surface area contributed by atoms with Crippen LogP contribution < -0.4 is 4.74 Å². The Balaban J connectivity index is 2.06. The Morgan fingerprint density at radius 2 is 1.84 bits per heavy atom. The second-order valence-corrected chi connectivity index (χ2v) is 3.96. The molecule has 96 valence electrons. The quantitative estimate of drug-likeness (QED) is 0.869. The van der Waals surface area contributed by atoms with Crippen LogP contribution in [0.15, 0.2) is 42.7 Å². The lowest BCUT2D eigenvalue weighted by Gasteiger charge is -2.03. The Morgan fingerprint density at radius 3 is 2.42 bits per heavy atom. The maximum absolute atomic E-state index is 10.3. The van der Waals surface area contributed by atoms with Crippen molar-refractivity contribution in [3.8, 4) is 11.8 Å². The van der Waals surface area contributed by atoms with E-state index in [1.165, 1.54) is 18.5 Å². The summed E-state index contributed by atoms with van der Waals surface area (Å²) in [5.74, 6) is -0.459. The highest BCUT2D eigenvalue weighted by molar-refractivity contribution is 6.30. The number of carbonyl (C=O) groups is 1. The van der Waals surface area contributed by atoms with Crippen molar-refractivity contribution in [2.45, 2.75) is 0 Å². The van der Waals surface area contributed by atoms with Crippen molar-refractivity contribution in [1.29, 1.82) is 0 Å². The van der Waals surface area contributed by atoms with Crippen LogP contribution in [0.3, 0.4) is 0 Å². The molecule has 6 heteroatoms. The molecular formula is C13H9ClN2O3. The molecule has 19 heavy (non-hydrogen) atoms. The maximum atomic E-state index is 10.3. The topological polar surface area (TPSA) is 72.3 Å². The van der Waals surface area contributed by atoms with E-state index in [1.54, 1.807) is 24.3 Å². The van der Waals surface area contributed by atoms with Gasteiger partial charge in [0.15, 0.2) is 0 Å². The maximum Gasteiger partial charge on any atom is 0.328 e. The van der Waals surface area contributed by atoms with Crippen molar-refractivity contribution in [1.82, 2.24) is 9.97 Å². The van der Waals surface area contributed by atoms with Gasteiger partial charge in [-0.25, -0.2) is 14.8 Å². The lowest BCUT2D eigenvalue weighted by molar-refractivity contribution is -0.131. The van der Waals surface area contributed by atoms with E-state index in [4.69, 9.17) is 21.4 Å². The number of halogens is 1. The SMILES string of the molecule is O=C(O)/C=C/c1cnc(Oc2ccc(Cl)cc2)nc1. The monoisotopic (exact) mass is 276 g/mol. The fourth-order valence-electron chi connectivity index (χ4n) is 1.24. The highest BCUT2D eigenvalue weighted by Gasteiger charge is 2.00. The number of hydrogen-bond donors (Lipinski definition) is 1. The molecule has 0 amide bonds. The van der Waals surface area contributed by atoms with Crippen LogP contribution in [0.4, 0.5) is 0 Å². The molecule has 2 rings (SSSR count). The van der Waals surface area contributed by atoms with E-state index >= 15 is 0 Å². The van der Waals surface area contributed by atoms with E-state index in [-0.39, 0.29) is 6.01 Å². The molecule has 0 aliphatic carbocycles. The molecule has 0 saturated carbocycles. The standard InChI is InChI=1S/C13H9ClN2O3/c14-10-2-4-11(5-3-10)19-13-15-7-9(8-16-13)1-6-12(17)18/h1-8H,(H,17,18)/b6-1+. The van der Waals surface area contributed by atoms with Gasteiger partial charge in [0.25, 0.3) is 0 Å². The first-order chi connectivity index (χ1) is 9.13. The van der Waals surface area contributed by atoms with Gasteiger partial charge in [0.05, 0.1) is 0 Å². The summed E-state index contributed by atoms with van der Waals surface area (Å²) in [5, 5.41) is 9.10. The van der Waals surface area contributed by atoms with Crippen molar-refractivity contribution in [2.75, 3.05) is 0 Å². The molecule has 2 aromatic rings. The van der Waals surface area contributed by atoms with Crippen LogP contribution in [-0.2, 0) is 4.79 Å². The van der Waals surface area contributed by atoms with Crippen molar-refractivity contribution in [3.63, 3.8) is 0 Å². The Bertz CT molecular complexity index is 594. The van der Waals surface area contributed by atoms with Gasteiger partial charge in [-0.05, 0) is 30.3 Å². The first kappa shape index (κ1) is 13.0. The molecular weight excluding hydrogens is 268 g/mol. The average Bonchev–Trinajstić information content (AvgIpc) is 2.40. The Labute approximate surface area is 114 Å². The van der Waals surface area contributed by atoms with Crippen LogP contribution in [0, 0.1) is 0 Å². The van der Waals surface area contributed by atoms with E-state index < -0.39 is 5.97 Å².